The molecule has 0 aliphatic carbocycles. The van der Waals surface area contributed by atoms with Crippen molar-refractivity contribution in [2.24, 2.45) is 0 Å². The fraction of sp³-hybridized carbons (Fsp3) is 0.0968. The van der Waals surface area contributed by atoms with Gasteiger partial charge in [-0.15, -0.1) is 64.7 Å². The molecule has 173 valence electrons. The molecular weight excluding hydrogens is 621 g/mol. The number of rotatable bonds is 1. The molecule has 0 spiro atoms. The Morgan fingerprint density at radius 3 is 2.26 bits per heavy atom. The predicted molar refractivity (Wildman–Crippen MR) is 146 cm³/mol. The van der Waals surface area contributed by atoms with Crippen molar-refractivity contribution in [2.75, 3.05) is 0 Å². The van der Waals surface area contributed by atoms with Crippen molar-refractivity contribution in [2.45, 2.75) is 20.0 Å². The van der Waals surface area contributed by atoms with E-state index in [9.17, 15) is 0 Å². The van der Waals surface area contributed by atoms with Crippen molar-refractivity contribution in [1.29, 1.82) is 0 Å². The van der Waals surface area contributed by atoms with Gasteiger partial charge in [0.05, 0.1) is 8.07 Å². The van der Waals surface area contributed by atoms with Gasteiger partial charge < -0.3 is 9.97 Å². The molecule has 4 heteroatoms. The van der Waals surface area contributed by atoms with Crippen LogP contribution in [0.15, 0.2) is 91.3 Å². The second kappa shape index (κ2) is 9.12. The van der Waals surface area contributed by atoms with Gasteiger partial charge in [-0.25, -0.2) is 0 Å². The van der Waals surface area contributed by atoms with Crippen molar-refractivity contribution in [1.82, 2.24) is 9.97 Å². The van der Waals surface area contributed by atoms with Crippen molar-refractivity contribution in [3.05, 3.63) is 109 Å². The summed E-state index contributed by atoms with van der Waals surface area (Å²) < 4.78 is 0. The van der Waals surface area contributed by atoms with Crippen LogP contribution in [0, 0.1) is 19.1 Å². The Balaban J connectivity index is 0.000000157. The summed E-state index contributed by atoms with van der Waals surface area (Å²) in [6, 6.07) is 33.9. The van der Waals surface area contributed by atoms with E-state index in [0.717, 1.165) is 16.8 Å². The summed E-state index contributed by atoms with van der Waals surface area (Å²) in [4.78, 5) is 8.97. The van der Waals surface area contributed by atoms with E-state index in [1.165, 1.54) is 37.7 Å². The molecule has 0 unspecified atom stereocenters. The molecule has 2 aromatic heterocycles. The summed E-state index contributed by atoms with van der Waals surface area (Å²) in [5, 5.41) is 9.76. The van der Waals surface area contributed by atoms with Crippen LogP contribution < -0.4 is 10.4 Å². The minimum absolute atomic E-state index is 0. The fourth-order valence-electron chi connectivity index (χ4n) is 5.31. The Morgan fingerprint density at radius 1 is 0.686 bits per heavy atom. The van der Waals surface area contributed by atoms with Crippen LogP contribution in [-0.4, -0.2) is 18.0 Å². The molecule has 7 rings (SSSR count). The summed E-state index contributed by atoms with van der Waals surface area (Å²) >= 11 is 0. The maximum Gasteiger partial charge on any atom is 0.0932 e. The number of hydrogen-bond donors (Lipinski definition) is 0. The molecule has 6 aromatic rings. The summed E-state index contributed by atoms with van der Waals surface area (Å²) in [5.74, 6) is 0. The van der Waals surface area contributed by atoms with Crippen LogP contribution in [-0.2, 0) is 20.1 Å². The van der Waals surface area contributed by atoms with E-state index >= 15 is 0 Å². The monoisotopic (exact) mass is 645 g/mol. The molecule has 1 aliphatic rings. The van der Waals surface area contributed by atoms with Gasteiger partial charge in [0.1, 0.15) is 0 Å². The molecule has 0 amide bonds. The smallest absolute Gasteiger partial charge is 0.0932 e. The third-order valence-corrected chi connectivity index (χ3v) is 10.5. The van der Waals surface area contributed by atoms with E-state index < -0.39 is 8.07 Å². The van der Waals surface area contributed by atoms with Crippen molar-refractivity contribution in [3.63, 3.8) is 0 Å². The van der Waals surface area contributed by atoms with Gasteiger partial charge >= 0.3 is 0 Å². The van der Waals surface area contributed by atoms with Gasteiger partial charge in [0.2, 0.25) is 0 Å². The standard InChI is InChI=1S/C19H14NSi.C12H10N.Ir/c1-21(2)15-9-3-6-12-13-8-5-11-20-19(13)14-7-4-10-16(21)18(14)17(12)15;1-10-6-5-9-13-12(10)11-7-3-2-4-8-11;/h3-6,8-11H,1-2H3;2-7,9H,1H3;/q2*-1;. The number of aryl methyl sites for hydroxylation is 1. The van der Waals surface area contributed by atoms with Crippen LogP contribution in [0.5, 0.6) is 0 Å². The number of aromatic nitrogens is 2. The third-order valence-electron chi connectivity index (χ3n) is 6.97. The molecule has 4 aromatic carbocycles. The first kappa shape index (κ1) is 23.6. The Bertz CT molecular complexity index is 1610. The number of pyridine rings is 2. The van der Waals surface area contributed by atoms with Crippen LogP contribution in [0.25, 0.3) is 43.7 Å². The first-order valence-electron chi connectivity index (χ1n) is 11.6. The van der Waals surface area contributed by atoms with E-state index in [1.54, 1.807) is 5.19 Å². The van der Waals surface area contributed by atoms with Gasteiger partial charge in [0, 0.05) is 32.5 Å². The van der Waals surface area contributed by atoms with E-state index in [-0.39, 0.29) is 20.1 Å². The molecule has 0 bridgehead atoms. The maximum absolute atomic E-state index is 4.66. The first-order chi connectivity index (χ1) is 16.6. The molecule has 0 saturated carbocycles. The zero-order valence-corrected chi connectivity index (χ0v) is 23.3. The molecule has 0 fully saturated rings. The molecule has 1 aliphatic heterocycles. The van der Waals surface area contributed by atoms with E-state index in [2.05, 4.69) is 84.6 Å². The van der Waals surface area contributed by atoms with Crippen molar-refractivity contribution in [3.8, 4) is 11.3 Å². The minimum atomic E-state index is -1.59. The van der Waals surface area contributed by atoms with E-state index in [0.29, 0.717) is 0 Å². The molecule has 0 N–H and O–H groups in total. The predicted octanol–water partition coefficient (Wildman–Crippen LogP) is 6.33. The van der Waals surface area contributed by atoms with Gasteiger partial charge in [-0.05, 0) is 41.0 Å². The topological polar surface area (TPSA) is 25.8 Å². The van der Waals surface area contributed by atoms with Gasteiger partial charge in [-0.2, -0.15) is 0 Å². The SMILES string of the molecule is C[Si]1(C)c2cc[c-]c3c4ncccc4c4cccc1c4c23.Cc1cccnc1-c1[c-]cccc1.[Ir]. The molecule has 1 radical (unpaired) electrons. The maximum atomic E-state index is 4.66. The second-order valence-electron chi connectivity index (χ2n) is 9.34. The zero-order valence-electron chi connectivity index (χ0n) is 19.9. The zero-order chi connectivity index (χ0) is 23.3. The molecule has 2 nitrogen and oxygen atoms in total. The second-order valence-corrected chi connectivity index (χ2v) is 13.7. The average molecular weight is 645 g/mol. The molecule has 3 heterocycles. The van der Waals surface area contributed by atoms with Crippen LogP contribution in [0.4, 0.5) is 0 Å². The molecule has 0 saturated heterocycles. The van der Waals surface area contributed by atoms with Crippen LogP contribution in [0.2, 0.25) is 13.1 Å². The van der Waals surface area contributed by atoms with Crippen molar-refractivity contribution < 1.29 is 20.1 Å². The first-order valence-corrected chi connectivity index (χ1v) is 14.6. The minimum Gasteiger partial charge on any atom is -0.304 e. The summed E-state index contributed by atoms with van der Waals surface area (Å²) in [6.45, 7) is 6.96. The van der Waals surface area contributed by atoms with Gasteiger partial charge in [0.15, 0.2) is 0 Å². The Morgan fingerprint density at radius 2 is 1.46 bits per heavy atom. The Hall–Kier alpha value is -3.17. The number of fused-ring (bicyclic) bond motifs is 3. The van der Waals surface area contributed by atoms with Gasteiger partial charge in [-0.1, -0.05) is 64.9 Å². The fourth-order valence-corrected chi connectivity index (χ4v) is 8.37. The average Bonchev–Trinajstić information content (AvgIpc) is 3.12. The van der Waals surface area contributed by atoms with Crippen LogP contribution in [0.3, 0.4) is 0 Å². The van der Waals surface area contributed by atoms with Gasteiger partial charge in [0.25, 0.3) is 0 Å². The largest absolute Gasteiger partial charge is 0.304 e. The number of hydrogen-bond acceptors (Lipinski definition) is 2. The normalized spacial score (nSPS) is 13.0. The Labute approximate surface area is 220 Å². The Kier molecular flexibility index (Phi) is 6.14. The number of nitrogens with zero attached hydrogens (tertiary/aromatic N) is 2. The van der Waals surface area contributed by atoms with Crippen LogP contribution in [0.1, 0.15) is 5.56 Å². The summed E-state index contributed by atoms with van der Waals surface area (Å²) in [6.07, 6.45) is 3.70. The quantitative estimate of drug-likeness (QED) is 0.119. The molecular formula is C31H24IrN2Si-2. The number of benzene rings is 4. The van der Waals surface area contributed by atoms with Crippen LogP contribution >= 0.6 is 0 Å². The summed E-state index contributed by atoms with van der Waals surface area (Å²) in [7, 11) is -1.59. The molecule has 0 atom stereocenters. The third kappa shape index (κ3) is 3.73. The van der Waals surface area contributed by atoms with Gasteiger partial charge in [-0.3, -0.25) is 0 Å². The van der Waals surface area contributed by atoms with E-state index in [4.69, 9.17) is 0 Å². The van der Waals surface area contributed by atoms with E-state index in [1.807, 2.05) is 48.8 Å². The van der Waals surface area contributed by atoms with Crippen molar-refractivity contribution >= 4 is 50.9 Å². The summed E-state index contributed by atoms with van der Waals surface area (Å²) in [5.41, 5.74) is 4.35. The molecule has 35 heavy (non-hydrogen) atoms.